The fourth-order valence-corrected chi connectivity index (χ4v) is 5.50. The number of likely N-dealkylation sites (tertiary alicyclic amines) is 1. The number of halogens is 1. The first-order valence-electron chi connectivity index (χ1n) is 13.3. The number of benzene rings is 3. The quantitative estimate of drug-likeness (QED) is 0.262. The van der Waals surface area contributed by atoms with Gasteiger partial charge < -0.3 is 0 Å². The van der Waals surface area contributed by atoms with Crippen molar-refractivity contribution >= 4 is 16.8 Å². The largest absolute Gasteiger partial charge is 0.299 e. The second kappa shape index (κ2) is 10.0. The van der Waals surface area contributed by atoms with Crippen molar-refractivity contribution in [3.63, 3.8) is 0 Å². The molecule has 0 amide bonds. The molecule has 0 N–H and O–H groups in total. The molecule has 1 aliphatic rings. The first-order valence-corrected chi connectivity index (χ1v) is 13.3. The summed E-state index contributed by atoms with van der Waals surface area (Å²) in [5.41, 5.74) is 8.00. The average molecular weight is 515 g/mol. The SMILES string of the molecule is Fc1ccc(-c2cn3ccnc3nc2-c2ccc(CN3CCC(c4cnc5ccccc5n4)CC3)cc2)cc1. The van der Waals surface area contributed by atoms with Crippen LogP contribution in [0.5, 0.6) is 0 Å². The van der Waals surface area contributed by atoms with Gasteiger partial charge in [0.1, 0.15) is 5.82 Å². The van der Waals surface area contributed by atoms with E-state index in [2.05, 4.69) is 39.1 Å². The zero-order chi connectivity index (χ0) is 26.2. The summed E-state index contributed by atoms with van der Waals surface area (Å²) in [6.07, 6.45) is 9.74. The molecule has 6 nitrogen and oxygen atoms in total. The molecular formula is C32H27FN6. The van der Waals surface area contributed by atoms with Gasteiger partial charge in [0.05, 0.1) is 22.4 Å². The number of piperidine rings is 1. The maximum atomic E-state index is 13.6. The fraction of sp³-hybridized carbons (Fsp3) is 0.188. The van der Waals surface area contributed by atoms with Crippen molar-refractivity contribution in [2.24, 2.45) is 0 Å². The summed E-state index contributed by atoms with van der Waals surface area (Å²) >= 11 is 0. The molecule has 4 heterocycles. The van der Waals surface area contributed by atoms with Gasteiger partial charge in [0, 0.05) is 48.4 Å². The number of aromatic nitrogens is 5. The molecule has 7 heteroatoms. The van der Waals surface area contributed by atoms with Gasteiger partial charge >= 0.3 is 0 Å². The van der Waals surface area contributed by atoms with E-state index in [1.165, 1.54) is 17.7 Å². The smallest absolute Gasteiger partial charge is 0.234 e. The first-order chi connectivity index (χ1) is 19.2. The number of fused-ring (bicyclic) bond motifs is 2. The van der Waals surface area contributed by atoms with Gasteiger partial charge in [-0.1, -0.05) is 48.5 Å². The predicted molar refractivity (Wildman–Crippen MR) is 151 cm³/mol. The number of hydrogen-bond acceptors (Lipinski definition) is 5. The molecule has 1 saturated heterocycles. The summed E-state index contributed by atoms with van der Waals surface area (Å²) < 4.78 is 15.5. The fourth-order valence-electron chi connectivity index (χ4n) is 5.50. The molecule has 3 aromatic carbocycles. The summed E-state index contributed by atoms with van der Waals surface area (Å²) in [5, 5.41) is 0. The second-order valence-corrected chi connectivity index (χ2v) is 10.2. The van der Waals surface area contributed by atoms with Crippen LogP contribution in [0.4, 0.5) is 4.39 Å². The highest BCUT2D eigenvalue weighted by molar-refractivity contribution is 5.81. The number of rotatable bonds is 5. The molecule has 0 radical (unpaired) electrons. The Hall–Kier alpha value is -4.49. The molecule has 1 fully saturated rings. The number of para-hydroxylation sites is 2. The lowest BCUT2D eigenvalue weighted by atomic mass is 9.93. The lowest BCUT2D eigenvalue weighted by Gasteiger charge is -2.31. The van der Waals surface area contributed by atoms with E-state index in [0.717, 1.165) is 71.6 Å². The molecule has 1 aliphatic heterocycles. The van der Waals surface area contributed by atoms with Crippen LogP contribution >= 0.6 is 0 Å². The van der Waals surface area contributed by atoms with Crippen LogP contribution in [0.25, 0.3) is 39.2 Å². The molecule has 0 bridgehead atoms. The Labute approximate surface area is 225 Å². The summed E-state index contributed by atoms with van der Waals surface area (Å²) in [6.45, 7) is 2.98. The zero-order valence-electron chi connectivity index (χ0n) is 21.4. The second-order valence-electron chi connectivity index (χ2n) is 10.2. The van der Waals surface area contributed by atoms with Gasteiger partial charge in [0.25, 0.3) is 0 Å². The Morgan fingerprint density at radius 1 is 0.795 bits per heavy atom. The number of nitrogens with zero attached hydrogens (tertiary/aromatic N) is 6. The molecule has 192 valence electrons. The third kappa shape index (κ3) is 4.77. The maximum absolute atomic E-state index is 13.6. The van der Waals surface area contributed by atoms with E-state index in [0.29, 0.717) is 11.7 Å². The van der Waals surface area contributed by atoms with Crippen LogP contribution in [0.3, 0.4) is 0 Å². The van der Waals surface area contributed by atoms with Crippen molar-refractivity contribution in [3.8, 4) is 22.4 Å². The number of hydrogen-bond donors (Lipinski definition) is 0. The highest BCUT2D eigenvalue weighted by Gasteiger charge is 2.22. The van der Waals surface area contributed by atoms with Crippen LogP contribution in [0.1, 0.15) is 30.0 Å². The third-order valence-electron chi connectivity index (χ3n) is 7.65. The maximum Gasteiger partial charge on any atom is 0.234 e. The molecule has 6 aromatic rings. The van der Waals surface area contributed by atoms with E-state index >= 15 is 0 Å². The monoisotopic (exact) mass is 514 g/mol. The van der Waals surface area contributed by atoms with E-state index in [-0.39, 0.29) is 5.82 Å². The van der Waals surface area contributed by atoms with E-state index in [4.69, 9.17) is 9.97 Å². The minimum absolute atomic E-state index is 0.254. The summed E-state index contributed by atoms with van der Waals surface area (Å²) in [7, 11) is 0. The Bertz CT molecular complexity index is 1750. The topological polar surface area (TPSA) is 59.2 Å². The van der Waals surface area contributed by atoms with Crippen molar-refractivity contribution in [1.82, 2.24) is 29.2 Å². The van der Waals surface area contributed by atoms with Gasteiger partial charge in [0.2, 0.25) is 5.78 Å². The van der Waals surface area contributed by atoms with Gasteiger partial charge in [-0.15, -0.1) is 0 Å². The van der Waals surface area contributed by atoms with Crippen LogP contribution in [0.2, 0.25) is 0 Å². The standard InChI is InChI=1S/C32H27FN6/c33-26-11-9-23(10-12-26)27-21-39-18-15-34-32(39)37-31(27)25-7-5-22(6-8-25)20-38-16-13-24(14-17-38)30-19-35-28-3-1-2-4-29(28)36-30/h1-12,15,18-19,21,24H,13-14,16-17,20H2. The van der Waals surface area contributed by atoms with Gasteiger partial charge in [-0.25, -0.2) is 19.3 Å². The normalized spacial score (nSPS) is 14.8. The van der Waals surface area contributed by atoms with Crippen molar-refractivity contribution < 1.29 is 4.39 Å². The van der Waals surface area contributed by atoms with E-state index in [1.807, 2.05) is 47.3 Å². The number of imidazole rings is 1. The zero-order valence-corrected chi connectivity index (χ0v) is 21.4. The summed E-state index contributed by atoms with van der Waals surface area (Å²) in [4.78, 5) is 21.2. The minimum atomic E-state index is -0.254. The summed E-state index contributed by atoms with van der Waals surface area (Å²) in [5.74, 6) is 0.837. The Kier molecular flexibility index (Phi) is 6.06. The molecule has 0 aliphatic carbocycles. The van der Waals surface area contributed by atoms with Crippen LogP contribution in [-0.2, 0) is 6.54 Å². The molecule has 0 atom stereocenters. The highest BCUT2D eigenvalue weighted by Crippen LogP contribution is 2.32. The molecule has 7 rings (SSSR count). The summed E-state index contributed by atoms with van der Waals surface area (Å²) in [6, 6.07) is 23.2. The van der Waals surface area contributed by atoms with Crippen molar-refractivity contribution in [3.05, 3.63) is 115 Å². The van der Waals surface area contributed by atoms with E-state index in [9.17, 15) is 4.39 Å². The van der Waals surface area contributed by atoms with Crippen LogP contribution in [0, 0.1) is 5.82 Å². The van der Waals surface area contributed by atoms with Gasteiger partial charge in [-0.2, -0.15) is 0 Å². The van der Waals surface area contributed by atoms with Crippen LogP contribution in [0.15, 0.2) is 97.6 Å². The Balaban J connectivity index is 1.07. The van der Waals surface area contributed by atoms with E-state index in [1.54, 1.807) is 18.3 Å². The molecule has 0 unspecified atom stereocenters. The molecule has 0 spiro atoms. The van der Waals surface area contributed by atoms with Gasteiger partial charge in [-0.05, 0) is 61.3 Å². The Morgan fingerprint density at radius 3 is 2.33 bits per heavy atom. The minimum Gasteiger partial charge on any atom is -0.299 e. The van der Waals surface area contributed by atoms with E-state index < -0.39 is 0 Å². The first kappa shape index (κ1) is 23.6. The molecular weight excluding hydrogens is 487 g/mol. The lowest BCUT2D eigenvalue weighted by molar-refractivity contribution is 0.203. The average Bonchev–Trinajstić information content (AvgIpc) is 3.45. The van der Waals surface area contributed by atoms with Gasteiger partial charge in [0.15, 0.2) is 0 Å². The predicted octanol–water partition coefficient (Wildman–Crippen LogP) is 6.53. The molecule has 3 aromatic heterocycles. The van der Waals surface area contributed by atoms with Crippen molar-refractivity contribution in [1.29, 1.82) is 0 Å². The Morgan fingerprint density at radius 2 is 1.54 bits per heavy atom. The van der Waals surface area contributed by atoms with Crippen LogP contribution < -0.4 is 0 Å². The highest BCUT2D eigenvalue weighted by atomic mass is 19.1. The molecule has 39 heavy (non-hydrogen) atoms. The third-order valence-corrected chi connectivity index (χ3v) is 7.65. The molecule has 0 saturated carbocycles. The van der Waals surface area contributed by atoms with Crippen LogP contribution in [-0.4, -0.2) is 42.3 Å². The van der Waals surface area contributed by atoms with Crippen molar-refractivity contribution in [2.45, 2.75) is 25.3 Å². The lowest BCUT2D eigenvalue weighted by Crippen LogP contribution is -2.32. The van der Waals surface area contributed by atoms with Gasteiger partial charge in [-0.3, -0.25) is 14.3 Å². The van der Waals surface area contributed by atoms with Crippen molar-refractivity contribution in [2.75, 3.05) is 13.1 Å².